The van der Waals surface area contributed by atoms with Crippen molar-refractivity contribution in [1.82, 2.24) is 9.47 Å². The van der Waals surface area contributed by atoms with Gasteiger partial charge in [-0.2, -0.15) is 0 Å². The zero-order chi connectivity index (χ0) is 16.9. The molecular weight excluding hydrogens is 308 g/mol. The molecule has 1 aliphatic heterocycles. The summed E-state index contributed by atoms with van der Waals surface area (Å²) in [5.74, 6) is -0.763. The SMILES string of the molecule is O=C(c1ccccc1)C(C(=O)N1CCOCC1)n1ccccc1=O. The molecule has 1 aromatic carbocycles. The number of morpholine rings is 1. The average Bonchev–Trinajstić information content (AvgIpc) is 2.64. The summed E-state index contributed by atoms with van der Waals surface area (Å²) in [5, 5.41) is 0. The molecule has 24 heavy (non-hydrogen) atoms. The summed E-state index contributed by atoms with van der Waals surface area (Å²) in [5.41, 5.74) is 0.0215. The molecule has 124 valence electrons. The molecule has 1 amide bonds. The van der Waals surface area contributed by atoms with E-state index in [2.05, 4.69) is 0 Å². The van der Waals surface area contributed by atoms with E-state index in [1.807, 2.05) is 0 Å². The van der Waals surface area contributed by atoms with Gasteiger partial charge < -0.3 is 9.64 Å². The first-order chi connectivity index (χ1) is 11.7. The predicted molar refractivity (Wildman–Crippen MR) is 87.9 cm³/mol. The second kappa shape index (κ2) is 7.23. The summed E-state index contributed by atoms with van der Waals surface area (Å²) in [4.78, 5) is 39.7. The number of pyridine rings is 1. The standard InChI is InChI=1S/C18H18N2O4/c21-15-8-4-5-9-20(15)16(17(22)14-6-2-1-3-7-14)18(23)19-10-12-24-13-11-19/h1-9,16H,10-13H2. The molecule has 1 saturated heterocycles. The lowest BCUT2D eigenvalue weighted by atomic mass is 10.0. The van der Waals surface area contributed by atoms with Crippen LogP contribution in [0.5, 0.6) is 0 Å². The molecule has 0 N–H and O–H groups in total. The maximum Gasteiger partial charge on any atom is 0.254 e. The Morgan fingerprint density at radius 3 is 2.29 bits per heavy atom. The number of hydrogen-bond acceptors (Lipinski definition) is 4. The van der Waals surface area contributed by atoms with Gasteiger partial charge in [0.05, 0.1) is 13.2 Å². The van der Waals surface area contributed by atoms with E-state index in [9.17, 15) is 14.4 Å². The molecule has 3 rings (SSSR count). The van der Waals surface area contributed by atoms with Crippen molar-refractivity contribution in [2.24, 2.45) is 0 Å². The Morgan fingerprint density at radius 1 is 0.958 bits per heavy atom. The highest BCUT2D eigenvalue weighted by Gasteiger charge is 2.34. The first kappa shape index (κ1) is 16.1. The van der Waals surface area contributed by atoms with Gasteiger partial charge in [-0.15, -0.1) is 0 Å². The van der Waals surface area contributed by atoms with Crippen molar-refractivity contribution in [1.29, 1.82) is 0 Å². The lowest BCUT2D eigenvalue weighted by molar-refractivity contribution is -0.137. The molecule has 2 heterocycles. The minimum Gasteiger partial charge on any atom is -0.378 e. The largest absolute Gasteiger partial charge is 0.378 e. The Balaban J connectivity index is 2.01. The Kier molecular flexibility index (Phi) is 4.86. The van der Waals surface area contributed by atoms with Crippen molar-refractivity contribution >= 4 is 11.7 Å². The van der Waals surface area contributed by atoms with E-state index < -0.39 is 6.04 Å². The van der Waals surface area contributed by atoms with Crippen LogP contribution in [0, 0.1) is 0 Å². The van der Waals surface area contributed by atoms with E-state index in [0.717, 1.165) is 0 Å². The van der Waals surface area contributed by atoms with Crippen molar-refractivity contribution in [2.75, 3.05) is 26.3 Å². The molecule has 1 atom stereocenters. The Labute approximate surface area is 139 Å². The van der Waals surface area contributed by atoms with Crippen LogP contribution in [0.1, 0.15) is 16.4 Å². The van der Waals surface area contributed by atoms with Gasteiger partial charge >= 0.3 is 0 Å². The highest BCUT2D eigenvalue weighted by molar-refractivity contribution is 6.11. The van der Waals surface area contributed by atoms with Crippen molar-refractivity contribution in [3.8, 4) is 0 Å². The summed E-state index contributed by atoms with van der Waals surface area (Å²) in [6.45, 7) is 1.70. The number of nitrogens with zero attached hydrogens (tertiary/aromatic N) is 2. The van der Waals surface area contributed by atoms with E-state index in [1.165, 1.54) is 16.8 Å². The fourth-order valence-electron chi connectivity index (χ4n) is 2.73. The molecule has 1 fully saturated rings. The quantitative estimate of drug-likeness (QED) is 0.624. The van der Waals surface area contributed by atoms with Gasteiger partial charge in [0, 0.05) is 30.9 Å². The van der Waals surface area contributed by atoms with Crippen LogP contribution in [0.2, 0.25) is 0 Å². The molecule has 1 unspecified atom stereocenters. The molecule has 1 aromatic heterocycles. The first-order valence-electron chi connectivity index (χ1n) is 7.81. The molecular formula is C18H18N2O4. The number of carbonyl (C=O) groups excluding carboxylic acids is 2. The molecule has 2 aromatic rings. The van der Waals surface area contributed by atoms with Gasteiger partial charge in [-0.25, -0.2) is 0 Å². The monoisotopic (exact) mass is 326 g/mol. The lowest BCUT2D eigenvalue weighted by Gasteiger charge is -2.30. The van der Waals surface area contributed by atoms with Crippen molar-refractivity contribution in [2.45, 2.75) is 6.04 Å². The minimum absolute atomic E-state index is 0.375. The highest BCUT2D eigenvalue weighted by atomic mass is 16.5. The first-order valence-corrected chi connectivity index (χ1v) is 7.81. The van der Waals surface area contributed by atoms with Gasteiger partial charge in [0.15, 0.2) is 11.8 Å². The van der Waals surface area contributed by atoms with Crippen LogP contribution in [0.4, 0.5) is 0 Å². The number of amides is 1. The smallest absolute Gasteiger partial charge is 0.254 e. The van der Waals surface area contributed by atoms with Crippen LogP contribution in [0.15, 0.2) is 59.5 Å². The van der Waals surface area contributed by atoms with Crippen LogP contribution in [-0.4, -0.2) is 47.5 Å². The van der Waals surface area contributed by atoms with Crippen molar-refractivity contribution in [3.05, 3.63) is 70.6 Å². The fourth-order valence-corrected chi connectivity index (χ4v) is 2.73. The Morgan fingerprint density at radius 2 is 1.62 bits per heavy atom. The number of carbonyl (C=O) groups is 2. The van der Waals surface area contributed by atoms with Gasteiger partial charge in [-0.3, -0.25) is 19.0 Å². The van der Waals surface area contributed by atoms with Crippen LogP contribution in [0.3, 0.4) is 0 Å². The zero-order valence-electron chi connectivity index (χ0n) is 13.1. The minimum atomic E-state index is -1.20. The second-order valence-corrected chi connectivity index (χ2v) is 5.52. The molecule has 6 nitrogen and oxygen atoms in total. The van der Waals surface area contributed by atoms with E-state index in [-0.39, 0.29) is 17.2 Å². The molecule has 1 aliphatic rings. The molecule has 0 bridgehead atoms. The van der Waals surface area contributed by atoms with Crippen molar-refractivity contribution < 1.29 is 14.3 Å². The Hall–Kier alpha value is -2.73. The number of ether oxygens (including phenoxy) is 1. The van der Waals surface area contributed by atoms with E-state index in [4.69, 9.17) is 4.74 Å². The normalized spacial score (nSPS) is 15.8. The number of rotatable bonds is 4. The van der Waals surface area contributed by atoms with E-state index in [0.29, 0.717) is 31.9 Å². The number of benzene rings is 1. The van der Waals surface area contributed by atoms with E-state index in [1.54, 1.807) is 47.4 Å². The summed E-state index contributed by atoms with van der Waals surface area (Å²) in [6, 6.07) is 11.9. The lowest BCUT2D eigenvalue weighted by Crippen LogP contribution is -2.47. The summed E-state index contributed by atoms with van der Waals surface area (Å²) in [7, 11) is 0. The third kappa shape index (κ3) is 3.28. The summed E-state index contributed by atoms with van der Waals surface area (Å²) in [6.07, 6.45) is 1.48. The van der Waals surface area contributed by atoms with Crippen LogP contribution in [0.25, 0.3) is 0 Å². The van der Waals surface area contributed by atoms with Gasteiger partial charge in [0.25, 0.3) is 11.5 Å². The fraction of sp³-hybridized carbons (Fsp3) is 0.278. The summed E-state index contributed by atoms with van der Waals surface area (Å²) < 4.78 is 6.46. The number of aromatic nitrogens is 1. The molecule has 0 radical (unpaired) electrons. The second-order valence-electron chi connectivity index (χ2n) is 5.52. The third-order valence-electron chi connectivity index (χ3n) is 3.99. The number of hydrogen-bond donors (Lipinski definition) is 0. The van der Waals surface area contributed by atoms with Crippen LogP contribution < -0.4 is 5.56 Å². The molecule has 6 heteroatoms. The third-order valence-corrected chi connectivity index (χ3v) is 3.99. The molecule has 0 spiro atoms. The highest BCUT2D eigenvalue weighted by Crippen LogP contribution is 2.17. The van der Waals surface area contributed by atoms with E-state index >= 15 is 0 Å². The van der Waals surface area contributed by atoms with Gasteiger partial charge in [-0.1, -0.05) is 36.4 Å². The Bertz CT molecular complexity index is 779. The topological polar surface area (TPSA) is 68.6 Å². The van der Waals surface area contributed by atoms with Gasteiger partial charge in [0.1, 0.15) is 0 Å². The summed E-state index contributed by atoms with van der Waals surface area (Å²) >= 11 is 0. The van der Waals surface area contributed by atoms with Crippen molar-refractivity contribution in [3.63, 3.8) is 0 Å². The zero-order valence-corrected chi connectivity index (χ0v) is 13.1. The molecule has 0 saturated carbocycles. The van der Waals surface area contributed by atoms with Gasteiger partial charge in [0.2, 0.25) is 0 Å². The predicted octanol–water partition coefficient (Wildman–Crippen LogP) is 1.13. The average molecular weight is 326 g/mol. The molecule has 0 aliphatic carbocycles. The maximum absolute atomic E-state index is 13.0. The van der Waals surface area contributed by atoms with Gasteiger partial charge in [-0.05, 0) is 6.07 Å². The number of Topliss-reactive ketones (excluding diaryl/α,β-unsaturated/α-hetero) is 1. The van der Waals surface area contributed by atoms with Crippen LogP contribution >= 0.6 is 0 Å². The number of ketones is 1. The maximum atomic E-state index is 13.0. The van der Waals surface area contributed by atoms with Crippen LogP contribution in [-0.2, 0) is 9.53 Å².